The molecule has 1 heterocycles. The Morgan fingerprint density at radius 3 is 2.40 bits per heavy atom. The average Bonchev–Trinajstić information content (AvgIpc) is 3.32. The number of amides is 2. The van der Waals surface area contributed by atoms with E-state index in [4.69, 9.17) is 9.47 Å². The molecule has 0 fully saturated rings. The molecule has 3 aromatic rings. The maximum atomic E-state index is 12.8. The van der Waals surface area contributed by atoms with E-state index in [2.05, 4.69) is 15.4 Å². The van der Waals surface area contributed by atoms with Crippen molar-refractivity contribution in [1.82, 2.24) is 10.0 Å². The third-order valence-corrected chi connectivity index (χ3v) is 6.86. The van der Waals surface area contributed by atoms with Crippen molar-refractivity contribution in [2.45, 2.75) is 25.3 Å². The number of carbonyl (C=O) groups excluding carboxylic acids is 2. The van der Waals surface area contributed by atoms with Gasteiger partial charge in [0.1, 0.15) is 0 Å². The molecule has 3 N–H and O–H groups in total. The normalized spacial score (nSPS) is 12.3. The molecule has 0 unspecified atom stereocenters. The molecule has 0 aliphatic carbocycles. The first-order valence-electron chi connectivity index (χ1n) is 10.9. The quantitative estimate of drug-likeness (QED) is 0.442. The Hall–Kier alpha value is -3.89. The summed E-state index contributed by atoms with van der Waals surface area (Å²) in [5, 5.41) is 5.32. The molecule has 0 radical (unpaired) electrons. The first-order valence-corrected chi connectivity index (χ1v) is 12.3. The van der Waals surface area contributed by atoms with Crippen molar-refractivity contribution in [3.05, 3.63) is 82.9 Å². The highest BCUT2D eigenvalue weighted by Crippen LogP contribution is 2.32. The third-order valence-electron chi connectivity index (χ3n) is 5.46. The molecular formula is C25H25N3O6S. The fourth-order valence-corrected chi connectivity index (χ4v) is 4.64. The van der Waals surface area contributed by atoms with Crippen LogP contribution in [-0.4, -0.2) is 33.6 Å². The van der Waals surface area contributed by atoms with Gasteiger partial charge in [0.2, 0.25) is 22.7 Å². The van der Waals surface area contributed by atoms with Crippen molar-refractivity contribution >= 4 is 27.5 Å². The molecule has 0 atom stereocenters. The lowest BCUT2D eigenvalue weighted by atomic mass is 10.1. The molecule has 0 bridgehead atoms. The minimum atomic E-state index is -3.89. The van der Waals surface area contributed by atoms with Crippen LogP contribution in [0, 0.1) is 13.8 Å². The maximum absolute atomic E-state index is 12.8. The van der Waals surface area contributed by atoms with Crippen molar-refractivity contribution in [2.75, 3.05) is 18.7 Å². The molecule has 3 aromatic carbocycles. The Morgan fingerprint density at radius 2 is 1.63 bits per heavy atom. The van der Waals surface area contributed by atoms with E-state index in [1.165, 1.54) is 24.3 Å². The molecule has 0 saturated carbocycles. The van der Waals surface area contributed by atoms with Gasteiger partial charge in [-0.25, -0.2) is 13.1 Å². The van der Waals surface area contributed by atoms with Gasteiger partial charge in [0, 0.05) is 17.8 Å². The lowest BCUT2D eigenvalue weighted by Gasteiger charge is -2.12. The number of nitrogens with one attached hydrogen (secondary N) is 3. The molecule has 0 aromatic heterocycles. The van der Waals surface area contributed by atoms with Crippen LogP contribution >= 0.6 is 0 Å². The number of carbonyl (C=O) groups is 2. The zero-order valence-electron chi connectivity index (χ0n) is 19.3. The van der Waals surface area contributed by atoms with Crippen LogP contribution in [0.1, 0.15) is 27.0 Å². The van der Waals surface area contributed by atoms with E-state index in [1.807, 2.05) is 32.0 Å². The van der Waals surface area contributed by atoms with E-state index in [-0.39, 0.29) is 36.2 Å². The second kappa shape index (κ2) is 10.2. The monoisotopic (exact) mass is 495 g/mol. The van der Waals surface area contributed by atoms with Crippen LogP contribution in [0.3, 0.4) is 0 Å². The first-order chi connectivity index (χ1) is 16.7. The second-order valence-electron chi connectivity index (χ2n) is 8.04. The van der Waals surface area contributed by atoms with Gasteiger partial charge in [0.15, 0.2) is 11.5 Å². The van der Waals surface area contributed by atoms with Crippen molar-refractivity contribution < 1.29 is 27.5 Å². The SMILES string of the molecule is Cc1cccc(C)c1NC(=O)CNC(=O)c1cccc(S(=O)(=O)NCc2ccc3c(c2)OCO3)c1. The summed E-state index contributed by atoms with van der Waals surface area (Å²) < 4.78 is 38.7. The number of aryl methyl sites for hydroxylation is 2. The zero-order valence-corrected chi connectivity index (χ0v) is 20.1. The van der Waals surface area contributed by atoms with E-state index in [0.29, 0.717) is 22.7 Å². The van der Waals surface area contributed by atoms with Gasteiger partial charge < -0.3 is 20.1 Å². The predicted octanol–water partition coefficient (Wildman–Crippen LogP) is 2.88. The smallest absolute Gasteiger partial charge is 0.251 e. The topological polar surface area (TPSA) is 123 Å². The molecule has 4 rings (SSSR count). The molecule has 35 heavy (non-hydrogen) atoms. The summed E-state index contributed by atoms with van der Waals surface area (Å²) in [6.07, 6.45) is 0. The number of anilines is 1. The molecule has 9 nitrogen and oxygen atoms in total. The van der Waals surface area contributed by atoms with Crippen LogP contribution in [0.5, 0.6) is 11.5 Å². The van der Waals surface area contributed by atoms with Gasteiger partial charge in [0.25, 0.3) is 5.91 Å². The molecule has 0 saturated heterocycles. The molecule has 182 valence electrons. The summed E-state index contributed by atoms with van der Waals surface area (Å²) in [5.74, 6) is 0.222. The minimum absolute atomic E-state index is 0.0356. The fourth-order valence-electron chi connectivity index (χ4n) is 3.57. The second-order valence-corrected chi connectivity index (χ2v) is 9.80. The standard InChI is InChI=1S/C25H25N3O6S/c1-16-5-3-6-17(2)24(16)28-23(29)14-26-25(30)19-7-4-8-20(12-19)35(31,32)27-13-18-9-10-21-22(11-18)34-15-33-21/h3-12,27H,13-15H2,1-2H3,(H,26,30)(H,28,29). The van der Waals surface area contributed by atoms with Gasteiger partial charge >= 0.3 is 0 Å². The van der Waals surface area contributed by atoms with Gasteiger partial charge in [-0.3, -0.25) is 9.59 Å². The number of rotatable bonds is 8. The van der Waals surface area contributed by atoms with Gasteiger partial charge in [0.05, 0.1) is 11.4 Å². The average molecular weight is 496 g/mol. The molecule has 1 aliphatic rings. The Balaban J connectivity index is 1.36. The molecule has 10 heteroatoms. The number of benzene rings is 3. The molecule has 2 amide bonds. The highest BCUT2D eigenvalue weighted by Gasteiger charge is 2.18. The van der Waals surface area contributed by atoms with E-state index < -0.39 is 15.9 Å². The van der Waals surface area contributed by atoms with Gasteiger partial charge in [-0.1, -0.05) is 30.3 Å². The Morgan fingerprint density at radius 1 is 0.914 bits per heavy atom. The van der Waals surface area contributed by atoms with Crippen molar-refractivity contribution in [2.24, 2.45) is 0 Å². The predicted molar refractivity (Wildman–Crippen MR) is 130 cm³/mol. The van der Waals surface area contributed by atoms with Gasteiger partial charge in [-0.05, 0) is 60.9 Å². The van der Waals surface area contributed by atoms with E-state index in [1.54, 1.807) is 18.2 Å². The summed E-state index contributed by atoms with van der Waals surface area (Å²) in [6.45, 7) is 3.67. The van der Waals surface area contributed by atoms with Crippen LogP contribution in [-0.2, 0) is 21.4 Å². The van der Waals surface area contributed by atoms with Crippen LogP contribution in [0.2, 0.25) is 0 Å². The van der Waals surface area contributed by atoms with E-state index in [9.17, 15) is 18.0 Å². The first kappa shape index (κ1) is 24.2. The number of sulfonamides is 1. The molecule has 0 spiro atoms. The Kier molecular flexibility index (Phi) is 7.04. The van der Waals surface area contributed by atoms with E-state index in [0.717, 1.165) is 11.1 Å². The number of hydrogen-bond donors (Lipinski definition) is 3. The lowest BCUT2D eigenvalue weighted by Crippen LogP contribution is -2.33. The largest absolute Gasteiger partial charge is 0.454 e. The number of fused-ring (bicyclic) bond motifs is 1. The summed E-state index contributed by atoms with van der Waals surface area (Å²) >= 11 is 0. The summed E-state index contributed by atoms with van der Waals surface area (Å²) in [5.41, 5.74) is 3.34. The summed E-state index contributed by atoms with van der Waals surface area (Å²) in [4.78, 5) is 24.8. The van der Waals surface area contributed by atoms with E-state index >= 15 is 0 Å². The van der Waals surface area contributed by atoms with Crippen molar-refractivity contribution in [3.63, 3.8) is 0 Å². The Labute approximate surface area is 203 Å². The summed E-state index contributed by atoms with van der Waals surface area (Å²) in [6, 6.07) is 16.4. The number of para-hydroxylation sites is 1. The number of ether oxygens (including phenoxy) is 2. The summed E-state index contributed by atoms with van der Waals surface area (Å²) in [7, 11) is -3.89. The highest BCUT2D eigenvalue weighted by molar-refractivity contribution is 7.89. The van der Waals surface area contributed by atoms with Gasteiger partial charge in [-0.15, -0.1) is 0 Å². The maximum Gasteiger partial charge on any atom is 0.251 e. The minimum Gasteiger partial charge on any atom is -0.454 e. The molecule has 1 aliphatic heterocycles. The lowest BCUT2D eigenvalue weighted by molar-refractivity contribution is -0.115. The zero-order chi connectivity index (χ0) is 25.0. The number of hydrogen-bond acceptors (Lipinski definition) is 6. The van der Waals surface area contributed by atoms with Crippen LogP contribution < -0.4 is 24.8 Å². The molecular weight excluding hydrogens is 470 g/mol. The fraction of sp³-hybridized carbons (Fsp3) is 0.200. The highest BCUT2D eigenvalue weighted by atomic mass is 32.2. The van der Waals surface area contributed by atoms with Gasteiger partial charge in [-0.2, -0.15) is 0 Å². The Bertz CT molecular complexity index is 1370. The van der Waals surface area contributed by atoms with Crippen molar-refractivity contribution in [1.29, 1.82) is 0 Å². The van der Waals surface area contributed by atoms with Crippen LogP contribution in [0.25, 0.3) is 0 Å². The van der Waals surface area contributed by atoms with Crippen LogP contribution in [0.15, 0.2) is 65.6 Å². The van der Waals surface area contributed by atoms with Crippen LogP contribution in [0.4, 0.5) is 5.69 Å². The van der Waals surface area contributed by atoms with Crippen molar-refractivity contribution in [3.8, 4) is 11.5 Å². The third kappa shape index (κ3) is 5.79.